The minimum absolute atomic E-state index is 0. The summed E-state index contributed by atoms with van der Waals surface area (Å²) >= 11 is 0. The number of benzene rings is 1. The highest BCUT2D eigenvalue weighted by atomic mass is 35.5. The van der Waals surface area contributed by atoms with Crippen molar-refractivity contribution in [3.8, 4) is 5.75 Å². The molecule has 1 aromatic carbocycles. The first-order chi connectivity index (χ1) is 6.84. The van der Waals surface area contributed by atoms with E-state index in [0.717, 1.165) is 6.54 Å². The first kappa shape index (κ1) is 12.3. The lowest BCUT2D eigenvalue weighted by molar-refractivity contribution is -0.00000400. The van der Waals surface area contributed by atoms with E-state index < -0.39 is 0 Å². The number of aromatic hydroxyl groups is 1. The van der Waals surface area contributed by atoms with E-state index in [-0.39, 0.29) is 12.4 Å². The molecule has 0 radical (unpaired) electrons. The van der Waals surface area contributed by atoms with E-state index in [1.54, 1.807) is 6.07 Å². The Bertz CT molecular complexity index is 297. The van der Waals surface area contributed by atoms with Gasteiger partial charge in [-0.15, -0.1) is 0 Å². The van der Waals surface area contributed by atoms with Gasteiger partial charge in [0.1, 0.15) is 5.75 Å². The molecule has 3 heteroatoms. The van der Waals surface area contributed by atoms with Crippen LogP contribution in [0.2, 0.25) is 0 Å². The highest BCUT2D eigenvalue weighted by Crippen LogP contribution is 2.16. The van der Waals surface area contributed by atoms with Crippen LogP contribution in [0.15, 0.2) is 24.3 Å². The molecule has 1 saturated heterocycles. The lowest BCUT2D eigenvalue weighted by Gasteiger charge is -2.26. The molecule has 1 fully saturated rings. The van der Waals surface area contributed by atoms with E-state index in [4.69, 9.17) is 0 Å². The Hall–Kier alpha value is -0.730. The summed E-state index contributed by atoms with van der Waals surface area (Å²) in [5.74, 6) is 0.375. The van der Waals surface area contributed by atoms with Gasteiger partial charge in [-0.3, -0.25) is 4.90 Å². The molecule has 0 amide bonds. The maximum atomic E-state index is 9.32. The number of rotatable bonds is 2. The Kier molecular flexibility index (Phi) is 4.92. The van der Waals surface area contributed by atoms with Crippen molar-refractivity contribution >= 4 is 0 Å². The molecule has 0 aliphatic carbocycles. The molecule has 0 spiro atoms. The van der Waals surface area contributed by atoms with Crippen molar-refractivity contribution in [1.29, 1.82) is 0 Å². The van der Waals surface area contributed by atoms with Crippen LogP contribution in [0.4, 0.5) is 0 Å². The van der Waals surface area contributed by atoms with Gasteiger partial charge >= 0.3 is 0 Å². The van der Waals surface area contributed by atoms with Gasteiger partial charge in [0.2, 0.25) is 0 Å². The molecule has 0 atom stereocenters. The van der Waals surface area contributed by atoms with Gasteiger partial charge in [0, 0.05) is 6.54 Å². The fraction of sp³-hybridized carbons (Fsp3) is 0.500. The predicted molar refractivity (Wildman–Crippen MR) is 57.2 cm³/mol. The van der Waals surface area contributed by atoms with Crippen molar-refractivity contribution in [2.45, 2.75) is 25.8 Å². The van der Waals surface area contributed by atoms with Gasteiger partial charge in [-0.05, 0) is 43.6 Å². The Labute approximate surface area is 97.3 Å². The molecule has 84 valence electrons. The summed E-state index contributed by atoms with van der Waals surface area (Å²) in [6.45, 7) is 3.39. The molecule has 0 bridgehead atoms. The van der Waals surface area contributed by atoms with Crippen LogP contribution in [0, 0.1) is 0 Å². The Balaban J connectivity index is 0.00000112. The molecule has 1 aliphatic heterocycles. The largest absolute Gasteiger partial charge is 1.00 e. The highest BCUT2D eigenvalue weighted by Gasteiger charge is 2.10. The first-order valence-corrected chi connectivity index (χ1v) is 5.35. The van der Waals surface area contributed by atoms with Gasteiger partial charge in [0.05, 0.1) is 0 Å². The zero-order chi connectivity index (χ0) is 9.80. The molecule has 1 N–H and O–H groups in total. The summed E-state index contributed by atoms with van der Waals surface area (Å²) in [6.07, 6.45) is 4.01. The standard InChI is InChI=1S/C12H17NO.ClH/c14-12-6-4-5-11(9-12)10-13-7-2-1-3-8-13;/h4-6,9,14H,1-3,7-8,10H2;1H/p-1. The molecular weight excluding hydrogens is 210 g/mol. The summed E-state index contributed by atoms with van der Waals surface area (Å²) in [5.41, 5.74) is 1.21. The van der Waals surface area contributed by atoms with Gasteiger partial charge in [0.25, 0.3) is 0 Å². The summed E-state index contributed by atoms with van der Waals surface area (Å²) in [4.78, 5) is 2.46. The van der Waals surface area contributed by atoms with Crippen molar-refractivity contribution in [3.63, 3.8) is 0 Å². The van der Waals surface area contributed by atoms with Crippen LogP contribution in [0.3, 0.4) is 0 Å². The SMILES string of the molecule is Oc1cccc(CN2CCCCC2)c1.[Cl-]. The third-order valence-electron chi connectivity index (χ3n) is 2.77. The van der Waals surface area contributed by atoms with E-state index in [1.807, 2.05) is 12.1 Å². The van der Waals surface area contributed by atoms with Crippen molar-refractivity contribution in [1.82, 2.24) is 4.90 Å². The normalized spacial score (nSPS) is 17.1. The van der Waals surface area contributed by atoms with Gasteiger partial charge < -0.3 is 17.5 Å². The third-order valence-corrected chi connectivity index (χ3v) is 2.77. The second-order valence-corrected chi connectivity index (χ2v) is 4.01. The lowest BCUT2D eigenvalue weighted by atomic mass is 10.1. The summed E-state index contributed by atoms with van der Waals surface area (Å²) in [7, 11) is 0. The van der Waals surface area contributed by atoms with Crippen molar-refractivity contribution in [3.05, 3.63) is 29.8 Å². The second-order valence-electron chi connectivity index (χ2n) is 4.01. The molecule has 0 aromatic heterocycles. The number of phenols is 1. The van der Waals surface area contributed by atoms with Crippen LogP contribution in [0.1, 0.15) is 24.8 Å². The quantitative estimate of drug-likeness (QED) is 0.727. The monoisotopic (exact) mass is 226 g/mol. The summed E-state index contributed by atoms with van der Waals surface area (Å²) < 4.78 is 0. The molecule has 15 heavy (non-hydrogen) atoms. The first-order valence-electron chi connectivity index (χ1n) is 5.35. The number of halogens is 1. The zero-order valence-electron chi connectivity index (χ0n) is 8.82. The fourth-order valence-electron chi connectivity index (χ4n) is 2.03. The smallest absolute Gasteiger partial charge is 0.115 e. The summed E-state index contributed by atoms with van der Waals surface area (Å²) in [5, 5.41) is 9.32. The maximum absolute atomic E-state index is 9.32. The Morgan fingerprint density at radius 1 is 1.13 bits per heavy atom. The van der Waals surface area contributed by atoms with Gasteiger partial charge in [-0.25, -0.2) is 0 Å². The van der Waals surface area contributed by atoms with Crippen molar-refractivity contribution in [2.75, 3.05) is 13.1 Å². The second kappa shape index (κ2) is 5.99. The molecule has 0 saturated carbocycles. The van der Waals surface area contributed by atoms with E-state index in [0.29, 0.717) is 5.75 Å². The van der Waals surface area contributed by atoms with Crippen LogP contribution in [-0.2, 0) is 6.54 Å². The van der Waals surface area contributed by atoms with Crippen molar-refractivity contribution in [2.24, 2.45) is 0 Å². The van der Waals surface area contributed by atoms with E-state index >= 15 is 0 Å². The Morgan fingerprint density at radius 2 is 1.87 bits per heavy atom. The number of hydrogen-bond acceptors (Lipinski definition) is 2. The topological polar surface area (TPSA) is 23.5 Å². The molecule has 1 aromatic rings. The van der Waals surface area contributed by atoms with E-state index in [2.05, 4.69) is 11.0 Å². The average Bonchev–Trinajstić information content (AvgIpc) is 2.19. The Morgan fingerprint density at radius 3 is 2.53 bits per heavy atom. The molecule has 1 aliphatic rings. The summed E-state index contributed by atoms with van der Waals surface area (Å²) in [6, 6.07) is 7.57. The van der Waals surface area contributed by atoms with Crippen molar-refractivity contribution < 1.29 is 17.5 Å². The van der Waals surface area contributed by atoms with Crippen LogP contribution in [0.25, 0.3) is 0 Å². The number of phenolic OH excluding ortho intramolecular Hbond substituents is 1. The third kappa shape index (κ3) is 3.73. The lowest BCUT2D eigenvalue weighted by Crippen LogP contribution is -3.00. The molecule has 0 unspecified atom stereocenters. The minimum atomic E-state index is 0. The number of likely N-dealkylation sites (tertiary alicyclic amines) is 1. The molecular formula is C12H17ClNO-. The maximum Gasteiger partial charge on any atom is 0.115 e. The molecule has 2 rings (SSSR count). The minimum Gasteiger partial charge on any atom is -1.00 e. The van der Waals surface area contributed by atoms with Crippen LogP contribution >= 0.6 is 0 Å². The van der Waals surface area contributed by atoms with E-state index in [1.165, 1.54) is 37.9 Å². The van der Waals surface area contributed by atoms with Crippen LogP contribution in [0.5, 0.6) is 5.75 Å². The van der Waals surface area contributed by atoms with Gasteiger partial charge in [0.15, 0.2) is 0 Å². The highest BCUT2D eigenvalue weighted by molar-refractivity contribution is 5.26. The fourth-order valence-corrected chi connectivity index (χ4v) is 2.03. The number of hydrogen-bond donors (Lipinski definition) is 1. The molecule has 2 nitrogen and oxygen atoms in total. The number of piperidine rings is 1. The van der Waals surface area contributed by atoms with Gasteiger partial charge in [-0.1, -0.05) is 18.6 Å². The predicted octanol–water partition coefficient (Wildman–Crippen LogP) is -0.618. The molecule has 1 heterocycles. The van der Waals surface area contributed by atoms with Crippen LogP contribution in [-0.4, -0.2) is 23.1 Å². The van der Waals surface area contributed by atoms with Gasteiger partial charge in [-0.2, -0.15) is 0 Å². The van der Waals surface area contributed by atoms with Crippen LogP contribution < -0.4 is 12.4 Å². The average molecular weight is 227 g/mol. The zero-order valence-corrected chi connectivity index (χ0v) is 9.58. The van der Waals surface area contributed by atoms with E-state index in [9.17, 15) is 5.11 Å². The number of nitrogens with zero attached hydrogens (tertiary/aromatic N) is 1.